The first-order chi connectivity index (χ1) is 10.2. The van der Waals surface area contributed by atoms with E-state index < -0.39 is 36.6 Å². The zero-order valence-corrected chi connectivity index (χ0v) is 12.0. The predicted molar refractivity (Wildman–Crippen MR) is 65.8 cm³/mol. The number of alkyl halides is 6. The molecule has 0 fully saturated rings. The average Bonchev–Trinajstić information content (AvgIpc) is 2.38. The lowest BCUT2D eigenvalue weighted by Gasteiger charge is -2.15. The van der Waals surface area contributed by atoms with Gasteiger partial charge in [-0.3, -0.25) is 4.79 Å². The van der Waals surface area contributed by atoms with Crippen molar-refractivity contribution in [3.05, 3.63) is 23.0 Å². The Labute approximate surface area is 127 Å². The van der Waals surface area contributed by atoms with Gasteiger partial charge in [-0.15, -0.1) is 24.8 Å². The highest BCUT2D eigenvalue weighted by Gasteiger charge is 2.34. The number of pyridine rings is 1. The normalized spacial score (nSPS) is 11.6. The number of nitrogens with zero attached hydrogens (tertiary/aromatic N) is 1. The minimum Gasteiger partial charge on any atom is -0.466 e. The second-order valence-corrected chi connectivity index (χ2v) is 4.21. The van der Waals surface area contributed by atoms with Gasteiger partial charge < -0.3 is 9.47 Å². The van der Waals surface area contributed by atoms with E-state index in [-0.39, 0.29) is 23.7 Å². The van der Waals surface area contributed by atoms with Gasteiger partial charge in [0.25, 0.3) is 6.43 Å². The third kappa shape index (κ3) is 5.28. The van der Waals surface area contributed by atoms with Crippen LogP contribution in [-0.2, 0) is 21.8 Å². The molecule has 124 valence electrons. The van der Waals surface area contributed by atoms with Crippen molar-refractivity contribution >= 4 is 17.6 Å². The van der Waals surface area contributed by atoms with E-state index in [2.05, 4.69) is 14.5 Å². The molecule has 0 spiro atoms. The monoisotopic (exact) mass is 347 g/mol. The van der Waals surface area contributed by atoms with Gasteiger partial charge in [0.2, 0.25) is 0 Å². The molecule has 10 heteroatoms. The maximum absolute atomic E-state index is 12.8. The molecule has 1 rings (SSSR count). The Morgan fingerprint density at radius 1 is 1.41 bits per heavy atom. The second kappa shape index (κ2) is 7.57. The van der Waals surface area contributed by atoms with Crippen molar-refractivity contribution in [2.24, 2.45) is 0 Å². The molecule has 0 saturated heterocycles. The molecule has 22 heavy (non-hydrogen) atoms. The van der Waals surface area contributed by atoms with Crippen LogP contribution in [0.3, 0.4) is 0 Å². The van der Waals surface area contributed by atoms with Gasteiger partial charge in [-0.05, 0) is 18.6 Å². The number of hydrogen-bond donors (Lipinski definition) is 0. The highest BCUT2D eigenvalue weighted by molar-refractivity contribution is 6.17. The Morgan fingerprint density at radius 3 is 2.50 bits per heavy atom. The van der Waals surface area contributed by atoms with Crippen LogP contribution in [0.25, 0.3) is 0 Å². The topological polar surface area (TPSA) is 48.4 Å². The Morgan fingerprint density at radius 2 is 2.05 bits per heavy atom. The van der Waals surface area contributed by atoms with Gasteiger partial charge in [-0.1, -0.05) is 0 Å². The molecule has 0 unspecified atom stereocenters. The smallest absolute Gasteiger partial charge is 0.466 e. The van der Waals surface area contributed by atoms with Gasteiger partial charge in [-0.25, -0.2) is 13.8 Å². The van der Waals surface area contributed by atoms with Crippen LogP contribution in [0.15, 0.2) is 6.07 Å². The van der Waals surface area contributed by atoms with Gasteiger partial charge in [0, 0.05) is 5.88 Å². The van der Waals surface area contributed by atoms with Gasteiger partial charge >= 0.3 is 12.3 Å². The molecule has 1 aromatic heterocycles. The quantitative estimate of drug-likeness (QED) is 0.446. The largest absolute Gasteiger partial charge is 0.573 e. The van der Waals surface area contributed by atoms with Crippen LogP contribution in [0.2, 0.25) is 0 Å². The molecule has 4 nitrogen and oxygen atoms in total. The van der Waals surface area contributed by atoms with Crippen molar-refractivity contribution in [3.8, 4) is 5.75 Å². The van der Waals surface area contributed by atoms with Gasteiger partial charge in [0.1, 0.15) is 5.69 Å². The zero-order chi connectivity index (χ0) is 16.9. The first kappa shape index (κ1) is 18.4. The summed E-state index contributed by atoms with van der Waals surface area (Å²) < 4.78 is 70.5. The van der Waals surface area contributed by atoms with Crippen LogP contribution >= 0.6 is 11.6 Å². The molecule has 0 aliphatic carbocycles. The van der Waals surface area contributed by atoms with E-state index in [1.165, 1.54) is 0 Å². The summed E-state index contributed by atoms with van der Waals surface area (Å²) in [5.41, 5.74) is -1.43. The molecule has 1 aromatic rings. The number of aromatic nitrogens is 1. The fraction of sp³-hybridized carbons (Fsp3) is 0.500. The summed E-state index contributed by atoms with van der Waals surface area (Å²) in [5.74, 6) is -2.24. The number of rotatable bonds is 6. The summed E-state index contributed by atoms with van der Waals surface area (Å²) in [7, 11) is 0. The van der Waals surface area contributed by atoms with Crippen LogP contribution < -0.4 is 4.74 Å². The third-order valence-corrected chi connectivity index (χ3v) is 2.67. The fourth-order valence-corrected chi connectivity index (χ4v) is 1.80. The molecule has 0 saturated carbocycles. The summed E-state index contributed by atoms with van der Waals surface area (Å²) in [6, 6.07) is 0.698. The van der Waals surface area contributed by atoms with E-state index in [4.69, 9.17) is 11.6 Å². The SMILES string of the molecule is CCOC(=O)Cc1nc(C(F)F)c(OC(F)(F)F)cc1CCl. The first-order valence-electron chi connectivity index (χ1n) is 5.96. The summed E-state index contributed by atoms with van der Waals surface area (Å²) in [6.07, 6.45) is -8.96. The molecule has 0 aliphatic rings. The second-order valence-electron chi connectivity index (χ2n) is 3.94. The van der Waals surface area contributed by atoms with Crippen molar-refractivity contribution in [2.45, 2.75) is 32.0 Å². The number of esters is 1. The van der Waals surface area contributed by atoms with E-state index in [0.29, 0.717) is 6.07 Å². The number of halogens is 6. The molecule has 0 amide bonds. The minimum absolute atomic E-state index is 0.0293. The van der Waals surface area contributed by atoms with Gasteiger partial charge in [0.15, 0.2) is 5.75 Å². The molecule has 1 heterocycles. The van der Waals surface area contributed by atoms with E-state index in [1.807, 2.05) is 0 Å². The lowest BCUT2D eigenvalue weighted by atomic mass is 10.1. The van der Waals surface area contributed by atoms with E-state index in [9.17, 15) is 26.7 Å². The predicted octanol–water partition coefficient (Wildman–Crippen LogP) is 3.76. The maximum Gasteiger partial charge on any atom is 0.573 e. The van der Waals surface area contributed by atoms with E-state index >= 15 is 0 Å². The Balaban J connectivity index is 3.24. The number of carbonyl (C=O) groups is 1. The third-order valence-electron chi connectivity index (χ3n) is 2.38. The summed E-state index contributed by atoms with van der Waals surface area (Å²) in [4.78, 5) is 14.8. The standard InChI is InChI=1S/C12H11ClF5NO3/c1-2-21-9(20)4-7-6(5-13)3-8(22-12(16,17)18)10(19-7)11(14)15/h3,11H,2,4-5H2,1H3. The number of hydrogen-bond acceptors (Lipinski definition) is 4. The van der Waals surface area contributed by atoms with E-state index in [1.54, 1.807) is 6.92 Å². The highest BCUT2D eigenvalue weighted by Crippen LogP contribution is 2.33. The molecule has 0 bridgehead atoms. The lowest BCUT2D eigenvalue weighted by molar-refractivity contribution is -0.275. The van der Waals surface area contributed by atoms with Crippen LogP contribution in [0.5, 0.6) is 5.75 Å². The van der Waals surface area contributed by atoms with Crippen molar-refractivity contribution in [3.63, 3.8) is 0 Å². The van der Waals surface area contributed by atoms with Crippen molar-refractivity contribution in [2.75, 3.05) is 6.61 Å². The van der Waals surface area contributed by atoms with Gasteiger partial charge in [0.05, 0.1) is 18.7 Å². The molecular weight excluding hydrogens is 337 g/mol. The molecule has 0 aliphatic heterocycles. The van der Waals surface area contributed by atoms with Crippen LogP contribution in [0.4, 0.5) is 22.0 Å². The average molecular weight is 348 g/mol. The Kier molecular flexibility index (Phi) is 6.34. The Hall–Kier alpha value is -1.64. The minimum atomic E-state index is -5.16. The van der Waals surface area contributed by atoms with Crippen LogP contribution in [0, 0.1) is 0 Å². The number of ether oxygens (including phenoxy) is 2. The van der Waals surface area contributed by atoms with Crippen molar-refractivity contribution < 1.29 is 36.2 Å². The Bertz CT molecular complexity index is 536. The van der Waals surface area contributed by atoms with Crippen molar-refractivity contribution in [1.82, 2.24) is 4.98 Å². The molecule has 0 N–H and O–H groups in total. The highest BCUT2D eigenvalue weighted by atomic mass is 35.5. The van der Waals surface area contributed by atoms with Crippen molar-refractivity contribution in [1.29, 1.82) is 0 Å². The molecule has 0 aromatic carbocycles. The van der Waals surface area contributed by atoms with E-state index in [0.717, 1.165) is 0 Å². The summed E-state index contributed by atoms with van der Waals surface area (Å²) >= 11 is 5.55. The lowest BCUT2D eigenvalue weighted by Crippen LogP contribution is -2.20. The summed E-state index contributed by atoms with van der Waals surface area (Å²) in [6.45, 7) is 1.60. The number of carbonyl (C=O) groups excluding carboxylic acids is 1. The first-order valence-corrected chi connectivity index (χ1v) is 6.49. The maximum atomic E-state index is 12.8. The van der Waals surface area contributed by atoms with Crippen LogP contribution in [-0.4, -0.2) is 23.9 Å². The fourth-order valence-electron chi connectivity index (χ4n) is 1.57. The van der Waals surface area contributed by atoms with Gasteiger partial charge in [-0.2, -0.15) is 0 Å². The molecule has 0 atom stereocenters. The molecule has 0 radical (unpaired) electrons. The zero-order valence-electron chi connectivity index (χ0n) is 11.2. The molecular formula is C12H11ClF5NO3. The van der Waals surface area contributed by atoms with Crippen LogP contribution in [0.1, 0.15) is 30.3 Å². The summed E-state index contributed by atoms with van der Waals surface area (Å²) in [5, 5.41) is 0.